The summed E-state index contributed by atoms with van der Waals surface area (Å²) in [6, 6.07) is 9.67. The zero-order valence-electron chi connectivity index (χ0n) is 12.6. The molecule has 0 aromatic heterocycles. The number of carboxylic acid groups (broad SMARTS) is 1. The standard InChI is InChI=1S/C18H25NO2/c20-18(21)17(15-7-2-1-3-8-15)13-19-11-10-14-6-4-5-9-16(14)12-19/h1-3,7-8,14,16-17H,4-6,9-13H2,(H,20,21). The third-order valence-electron chi connectivity index (χ3n) is 5.32. The van der Waals surface area contributed by atoms with Crippen molar-refractivity contribution in [3.8, 4) is 0 Å². The summed E-state index contributed by atoms with van der Waals surface area (Å²) in [7, 11) is 0. The lowest BCUT2D eigenvalue weighted by molar-refractivity contribution is -0.139. The van der Waals surface area contributed by atoms with Gasteiger partial charge in [-0.25, -0.2) is 0 Å². The molecule has 3 atom stereocenters. The van der Waals surface area contributed by atoms with Gasteiger partial charge in [-0.3, -0.25) is 4.79 Å². The fraction of sp³-hybridized carbons (Fsp3) is 0.611. The SMILES string of the molecule is O=C(O)C(CN1CCC2CCCCC2C1)c1ccccc1. The van der Waals surface area contributed by atoms with Gasteiger partial charge in [-0.15, -0.1) is 0 Å². The number of carbonyl (C=O) groups is 1. The molecule has 0 amide bonds. The van der Waals surface area contributed by atoms with Crippen LogP contribution in [0.15, 0.2) is 30.3 Å². The van der Waals surface area contributed by atoms with Gasteiger partial charge in [0.05, 0.1) is 5.92 Å². The molecule has 2 aliphatic rings. The van der Waals surface area contributed by atoms with E-state index in [-0.39, 0.29) is 0 Å². The maximum atomic E-state index is 11.6. The molecule has 114 valence electrons. The van der Waals surface area contributed by atoms with Crippen LogP contribution in [0, 0.1) is 11.8 Å². The van der Waals surface area contributed by atoms with Gasteiger partial charge in [-0.05, 0) is 36.8 Å². The molecule has 1 aromatic carbocycles. The molecule has 0 bridgehead atoms. The Morgan fingerprint density at radius 1 is 1.14 bits per heavy atom. The number of aliphatic carboxylic acids is 1. The highest BCUT2D eigenvalue weighted by Gasteiger charge is 2.33. The van der Waals surface area contributed by atoms with Crippen LogP contribution in [0.3, 0.4) is 0 Å². The number of likely N-dealkylation sites (tertiary alicyclic amines) is 1. The van der Waals surface area contributed by atoms with Crippen molar-refractivity contribution < 1.29 is 9.90 Å². The van der Waals surface area contributed by atoms with Crippen LogP contribution < -0.4 is 0 Å². The van der Waals surface area contributed by atoms with Gasteiger partial charge in [0.1, 0.15) is 0 Å². The Balaban J connectivity index is 1.65. The highest BCUT2D eigenvalue weighted by atomic mass is 16.4. The molecule has 3 heteroatoms. The van der Waals surface area contributed by atoms with Crippen molar-refractivity contribution in [1.82, 2.24) is 4.90 Å². The zero-order valence-corrected chi connectivity index (χ0v) is 12.6. The van der Waals surface area contributed by atoms with E-state index in [1.807, 2.05) is 30.3 Å². The summed E-state index contributed by atoms with van der Waals surface area (Å²) in [5.74, 6) is 0.603. The van der Waals surface area contributed by atoms with Gasteiger partial charge >= 0.3 is 5.97 Å². The number of piperidine rings is 1. The van der Waals surface area contributed by atoms with E-state index < -0.39 is 11.9 Å². The van der Waals surface area contributed by atoms with Crippen molar-refractivity contribution in [1.29, 1.82) is 0 Å². The first-order chi connectivity index (χ1) is 10.2. The molecular formula is C18H25NO2. The van der Waals surface area contributed by atoms with Crippen molar-refractivity contribution in [2.75, 3.05) is 19.6 Å². The van der Waals surface area contributed by atoms with Crippen LogP contribution in [0.5, 0.6) is 0 Å². The summed E-state index contributed by atoms with van der Waals surface area (Å²) in [6.45, 7) is 2.82. The van der Waals surface area contributed by atoms with Crippen molar-refractivity contribution >= 4 is 5.97 Å². The molecule has 1 saturated heterocycles. The second-order valence-electron chi connectivity index (χ2n) is 6.65. The largest absolute Gasteiger partial charge is 0.481 e. The monoisotopic (exact) mass is 287 g/mol. The van der Waals surface area contributed by atoms with Gasteiger partial charge in [-0.1, -0.05) is 49.6 Å². The minimum atomic E-state index is -0.702. The summed E-state index contributed by atoms with van der Waals surface area (Å²) in [5.41, 5.74) is 0.927. The molecule has 21 heavy (non-hydrogen) atoms. The average molecular weight is 287 g/mol. The number of fused-ring (bicyclic) bond motifs is 1. The van der Waals surface area contributed by atoms with E-state index in [1.54, 1.807) is 0 Å². The van der Waals surface area contributed by atoms with Crippen LogP contribution in [0.25, 0.3) is 0 Å². The lowest BCUT2D eigenvalue weighted by Crippen LogP contribution is -2.44. The summed E-state index contributed by atoms with van der Waals surface area (Å²) in [4.78, 5) is 14.0. The Morgan fingerprint density at radius 2 is 1.86 bits per heavy atom. The number of hydrogen-bond donors (Lipinski definition) is 1. The Bertz CT molecular complexity index is 473. The van der Waals surface area contributed by atoms with Crippen LogP contribution in [0.2, 0.25) is 0 Å². The minimum absolute atomic E-state index is 0.397. The molecule has 0 spiro atoms. The van der Waals surface area contributed by atoms with Gasteiger partial charge in [0.15, 0.2) is 0 Å². The first-order valence-electron chi connectivity index (χ1n) is 8.24. The Labute approximate surface area is 127 Å². The first-order valence-corrected chi connectivity index (χ1v) is 8.24. The van der Waals surface area contributed by atoms with Crippen LogP contribution in [-0.4, -0.2) is 35.6 Å². The molecular weight excluding hydrogens is 262 g/mol. The molecule has 1 N–H and O–H groups in total. The second kappa shape index (κ2) is 6.61. The summed E-state index contributed by atoms with van der Waals surface area (Å²) in [6.07, 6.45) is 6.73. The minimum Gasteiger partial charge on any atom is -0.481 e. The maximum Gasteiger partial charge on any atom is 0.312 e. The zero-order chi connectivity index (χ0) is 14.7. The highest BCUT2D eigenvalue weighted by Crippen LogP contribution is 2.36. The molecule has 1 saturated carbocycles. The third kappa shape index (κ3) is 3.46. The fourth-order valence-corrected chi connectivity index (χ4v) is 4.11. The molecule has 1 aromatic rings. The van der Waals surface area contributed by atoms with E-state index >= 15 is 0 Å². The molecule has 0 radical (unpaired) electrons. The fourth-order valence-electron chi connectivity index (χ4n) is 4.11. The summed E-state index contributed by atoms with van der Waals surface area (Å²) in [5, 5.41) is 9.56. The predicted octanol–water partition coefficient (Wildman–Crippen LogP) is 3.37. The third-order valence-corrected chi connectivity index (χ3v) is 5.32. The maximum absolute atomic E-state index is 11.6. The van der Waals surface area contributed by atoms with Crippen LogP contribution in [0.4, 0.5) is 0 Å². The van der Waals surface area contributed by atoms with E-state index in [0.717, 1.165) is 30.5 Å². The van der Waals surface area contributed by atoms with E-state index in [2.05, 4.69) is 4.90 Å². The average Bonchev–Trinajstić information content (AvgIpc) is 2.53. The van der Waals surface area contributed by atoms with Gasteiger partial charge in [0.2, 0.25) is 0 Å². The number of nitrogens with zero attached hydrogens (tertiary/aromatic N) is 1. The Hall–Kier alpha value is -1.35. The number of hydrogen-bond acceptors (Lipinski definition) is 2. The predicted molar refractivity (Wildman–Crippen MR) is 83.3 cm³/mol. The highest BCUT2D eigenvalue weighted by molar-refractivity contribution is 5.76. The van der Waals surface area contributed by atoms with Crippen LogP contribution in [0.1, 0.15) is 43.6 Å². The van der Waals surface area contributed by atoms with E-state index in [1.165, 1.54) is 32.1 Å². The van der Waals surface area contributed by atoms with E-state index in [9.17, 15) is 9.90 Å². The topological polar surface area (TPSA) is 40.5 Å². The van der Waals surface area contributed by atoms with E-state index in [0.29, 0.717) is 6.54 Å². The smallest absolute Gasteiger partial charge is 0.312 e. The summed E-state index contributed by atoms with van der Waals surface area (Å²) >= 11 is 0. The van der Waals surface area contributed by atoms with Crippen molar-refractivity contribution in [2.24, 2.45) is 11.8 Å². The van der Waals surface area contributed by atoms with Gasteiger partial charge < -0.3 is 10.0 Å². The second-order valence-corrected chi connectivity index (χ2v) is 6.65. The van der Waals surface area contributed by atoms with Gasteiger partial charge in [0, 0.05) is 13.1 Å². The number of benzene rings is 1. The Kier molecular flexibility index (Phi) is 4.59. The van der Waals surface area contributed by atoms with Crippen molar-refractivity contribution in [3.05, 3.63) is 35.9 Å². The molecule has 3 nitrogen and oxygen atoms in total. The molecule has 1 aliphatic heterocycles. The lowest BCUT2D eigenvalue weighted by atomic mass is 9.75. The van der Waals surface area contributed by atoms with Crippen LogP contribution >= 0.6 is 0 Å². The normalized spacial score (nSPS) is 27.8. The van der Waals surface area contributed by atoms with Crippen LogP contribution in [-0.2, 0) is 4.79 Å². The molecule has 3 unspecified atom stereocenters. The van der Waals surface area contributed by atoms with Crippen molar-refractivity contribution in [3.63, 3.8) is 0 Å². The summed E-state index contributed by atoms with van der Waals surface area (Å²) < 4.78 is 0. The van der Waals surface area contributed by atoms with Gasteiger partial charge in [-0.2, -0.15) is 0 Å². The molecule has 3 rings (SSSR count). The molecule has 1 heterocycles. The quantitative estimate of drug-likeness (QED) is 0.923. The Morgan fingerprint density at radius 3 is 2.57 bits per heavy atom. The first kappa shape index (κ1) is 14.6. The van der Waals surface area contributed by atoms with Gasteiger partial charge in [0.25, 0.3) is 0 Å². The number of rotatable bonds is 4. The molecule has 2 fully saturated rings. The number of carboxylic acids is 1. The lowest BCUT2D eigenvalue weighted by Gasteiger charge is -2.42. The van der Waals surface area contributed by atoms with Crippen molar-refractivity contribution in [2.45, 2.75) is 38.0 Å². The van der Waals surface area contributed by atoms with E-state index in [4.69, 9.17) is 0 Å². The molecule has 1 aliphatic carbocycles.